The molecule has 1 aliphatic carbocycles. The number of hydrogen-bond donors (Lipinski definition) is 1. The summed E-state index contributed by atoms with van der Waals surface area (Å²) in [6.07, 6.45) is 8.42. The van der Waals surface area contributed by atoms with E-state index in [1.165, 1.54) is 12.4 Å². The van der Waals surface area contributed by atoms with Gasteiger partial charge in [-0.05, 0) is 60.9 Å². The topological polar surface area (TPSA) is 79.9 Å². The normalized spacial score (nSPS) is 18.8. The summed E-state index contributed by atoms with van der Waals surface area (Å²) in [6, 6.07) is 4.80. The second-order valence-corrected chi connectivity index (χ2v) is 8.75. The summed E-state index contributed by atoms with van der Waals surface area (Å²) in [7, 11) is 0. The van der Waals surface area contributed by atoms with Crippen LogP contribution < -0.4 is 0 Å². The molecule has 0 fully saturated rings. The fourth-order valence-electron chi connectivity index (χ4n) is 4.67. The van der Waals surface area contributed by atoms with Gasteiger partial charge in [0.25, 0.3) is 0 Å². The standard InChI is InChI=1S/C26H23F3N4O2/c27-26(28,29)21-12-20(19-7-3-11-31-14-19)15-33-24(21)32-22(25(33)35)23(34)17-5-1-4-16(8-9-17)18-6-2-10-30-13-18/h2,4,6-7,10,12-15,17,35H,1,3,5,8-9,11H2. The molecule has 1 N–H and O–H groups in total. The molecule has 9 heteroatoms. The number of aromatic hydroxyl groups is 1. The number of Topliss-reactive ketones (excluding diaryl/α,β-unsaturated/α-hetero) is 1. The van der Waals surface area contributed by atoms with Gasteiger partial charge in [0.05, 0.1) is 5.56 Å². The third-order valence-electron chi connectivity index (χ3n) is 6.49. The second-order valence-electron chi connectivity index (χ2n) is 8.75. The van der Waals surface area contributed by atoms with Gasteiger partial charge in [-0.25, -0.2) is 4.98 Å². The molecule has 2 aliphatic rings. The summed E-state index contributed by atoms with van der Waals surface area (Å²) in [4.78, 5) is 25.6. The number of imidazole rings is 1. The van der Waals surface area contributed by atoms with E-state index in [4.69, 9.17) is 0 Å². The van der Waals surface area contributed by atoms with E-state index in [-0.39, 0.29) is 11.3 Å². The lowest BCUT2D eigenvalue weighted by molar-refractivity contribution is -0.136. The molecule has 3 aromatic heterocycles. The summed E-state index contributed by atoms with van der Waals surface area (Å²) in [5.74, 6) is -1.48. The molecule has 180 valence electrons. The molecule has 35 heavy (non-hydrogen) atoms. The Morgan fingerprint density at radius 2 is 2.00 bits per heavy atom. The van der Waals surface area contributed by atoms with Crippen LogP contribution in [-0.2, 0) is 6.18 Å². The number of hydrogen-bond acceptors (Lipinski definition) is 5. The first-order valence-electron chi connectivity index (χ1n) is 11.5. The molecule has 6 nitrogen and oxygen atoms in total. The molecule has 4 heterocycles. The lowest BCUT2D eigenvalue weighted by atomic mass is 9.92. The van der Waals surface area contributed by atoms with E-state index < -0.39 is 35.0 Å². The number of nitrogens with zero attached hydrogens (tertiary/aromatic N) is 4. The van der Waals surface area contributed by atoms with Gasteiger partial charge in [0, 0.05) is 42.8 Å². The minimum absolute atomic E-state index is 0.250. The highest BCUT2D eigenvalue weighted by Gasteiger charge is 2.37. The third kappa shape index (κ3) is 4.50. The Hall–Kier alpha value is -3.75. The lowest BCUT2D eigenvalue weighted by Gasteiger charge is -2.13. The van der Waals surface area contributed by atoms with E-state index in [0.29, 0.717) is 44.2 Å². The minimum atomic E-state index is -4.72. The van der Waals surface area contributed by atoms with Crippen molar-refractivity contribution in [3.05, 3.63) is 71.3 Å². The van der Waals surface area contributed by atoms with Gasteiger partial charge in [-0.2, -0.15) is 13.2 Å². The van der Waals surface area contributed by atoms with E-state index >= 15 is 0 Å². The number of allylic oxidation sites excluding steroid dienone is 3. The van der Waals surface area contributed by atoms with Crippen LogP contribution in [0, 0.1) is 5.92 Å². The van der Waals surface area contributed by atoms with Crippen LogP contribution in [0.5, 0.6) is 5.88 Å². The summed E-state index contributed by atoms with van der Waals surface area (Å²) >= 11 is 0. The molecule has 0 spiro atoms. The van der Waals surface area contributed by atoms with Crippen molar-refractivity contribution in [3.8, 4) is 5.88 Å². The number of rotatable bonds is 4. The van der Waals surface area contributed by atoms with Crippen molar-refractivity contribution < 1.29 is 23.1 Å². The fraction of sp³-hybridized carbons (Fsp3) is 0.308. The Kier molecular flexibility index (Phi) is 6.00. The first-order chi connectivity index (χ1) is 16.8. The lowest BCUT2D eigenvalue weighted by Crippen LogP contribution is -2.15. The van der Waals surface area contributed by atoms with Crippen LogP contribution in [0.15, 0.2) is 53.9 Å². The van der Waals surface area contributed by atoms with Gasteiger partial charge in [-0.3, -0.25) is 19.2 Å². The number of carbonyl (C=O) groups is 1. The summed E-state index contributed by atoms with van der Waals surface area (Å²) in [5, 5.41) is 10.8. The number of halogens is 3. The Morgan fingerprint density at radius 3 is 2.71 bits per heavy atom. The smallest absolute Gasteiger partial charge is 0.420 e. The van der Waals surface area contributed by atoms with Gasteiger partial charge in [0.1, 0.15) is 0 Å². The molecule has 0 bridgehead atoms. The maximum absolute atomic E-state index is 13.9. The molecule has 0 saturated carbocycles. The van der Waals surface area contributed by atoms with Crippen molar-refractivity contribution in [3.63, 3.8) is 0 Å². The molecule has 3 aromatic rings. The van der Waals surface area contributed by atoms with Gasteiger partial charge in [0.2, 0.25) is 5.88 Å². The van der Waals surface area contributed by atoms with Crippen molar-refractivity contribution >= 4 is 28.8 Å². The molecule has 0 aromatic carbocycles. The van der Waals surface area contributed by atoms with Gasteiger partial charge < -0.3 is 5.11 Å². The van der Waals surface area contributed by atoms with E-state index in [1.54, 1.807) is 18.5 Å². The Labute approximate surface area is 199 Å². The van der Waals surface area contributed by atoms with Crippen LogP contribution in [0.4, 0.5) is 13.2 Å². The number of aliphatic imine (C=N–C) groups is 1. The summed E-state index contributed by atoms with van der Waals surface area (Å²) in [5.41, 5.74) is 1.03. The number of carbonyl (C=O) groups excluding carboxylic acids is 1. The summed E-state index contributed by atoms with van der Waals surface area (Å²) in [6.45, 7) is 0.575. The largest absolute Gasteiger partial charge is 0.493 e. The molecule has 1 aliphatic heterocycles. The van der Waals surface area contributed by atoms with Crippen molar-refractivity contribution in [1.29, 1.82) is 0 Å². The predicted molar refractivity (Wildman–Crippen MR) is 126 cm³/mol. The summed E-state index contributed by atoms with van der Waals surface area (Å²) < 4.78 is 42.8. The van der Waals surface area contributed by atoms with Crippen LogP contribution in [0.3, 0.4) is 0 Å². The molecule has 0 amide bonds. The van der Waals surface area contributed by atoms with E-state index in [1.807, 2.05) is 12.1 Å². The fourth-order valence-corrected chi connectivity index (χ4v) is 4.67. The van der Waals surface area contributed by atoms with Crippen LogP contribution in [-0.4, -0.2) is 38.0 Å². The van der Waals surface area contributed by atoms with E-state index in [0.717, 1.165) is 21.6 Å². The molecular formula is C26H23F3N4O2. The first kappa shape index (κ1) is 23.0. The van der Waals surface area contributed by atoms with Crippen LogP contribution in [0.1, 0.15) is 59.3 Å². The second kappa shape index (κ2) is 9.13. The minimum Gasteiger partial charge on any atom is -0.493 e. The average Bonchev–Trinajstić information content (AvgIpc) is 3.03. The van der Waals surface area contributed by atoms with E-state index in [2.05, 4.69) is 21.0 Å². The predicted octanol–water partition coefficient (Wildman–Crippen LogP) is 5.77. The zero-order valence-corrected chi connectivity index (χ0v) is 18.8. The highest BCUT2D eigenvalue weighted by molar-refractivity contribution is 6.10. The zero-order chi connectivity index (χ0) is 24.6. The monoisotopic (exact) mass is 480 g/mol. The Morgan fingerprint density at radius 1 is 1.14 bits per heavy atom. The Balaban J connectivity index is 1.49. The maximum Gasteiger partial charge on any atom is 0.420 e. The number of dihydropyridines is 1. The number of aromatic nitrogens is 3. The molecule has 5 rings (SSSR count). The Bertz CT molecular complexity index is 1370. The molecule has 0 saturated heterocycles. The number of pyridine rings is 2. The van der Waals surface area contributed by atoms with Gasteiger partial charge in [0.15, 0.2) is 17.1 Å². The SMILES string of the molecule is O=C(c1nc2c(C(F)(F)F)cc(C3=CCCN=C3)cn2c1O)C1CCC=C(c2cccnc2)CC1. The number of ketones is 1. The molecule has 0 radical (unpaired) electrons. The number of alkyl halides is 3. The van der Waals surface area contributed by atoms with Crippen LogP contribution in [0.25, 0.3) is 16.8 Å². The van der Waals surface area contributed by atoms with Gasteiger partial charge in [-0.15, -0.1) is 0 Å². The maximum atomic E-state index is 13.9. The average molecular weight is 480 g/mol. The van der Waals surface area contributed by atoms with Crippen molar-refractivity contribution in [1.82, 2.24) is 14.4 Å². The van der Waals surface area contributed by atoms with Crippen LogP contribution in [0.2, 0.25) is 0 Å². The van der Waals surface area contributed by atoms with Crippen LogP contribution >= 0.6 is 0 Å². The van der Waals surface area contributed by atoms with Gasteiger partial charge in [-0.1, -0.05) is 18.2 Å². The molecule has 1 atom stereocenters. The quantitative estimate of drug-likeness (QED) is 0.481. The van der Waals surface area contributed by atoms with Gasteiger partial charge >= 0.3 is 6.18 Å². The van der Waals surface area contributed by atoms with Crippen molar-refractivity contribution in [2.24, 2.45) is 10.9 Å². The molecular weight excluding hydrogens is 457 g/mol. The number of fused-ring (bicyclic) bond motifs is 1. The van der Waals surface area contributed by atoms with Crippen molar-refractivity contribution in [2.45, 2.75) is 38.3 Å². The van der Waals surface area contributed by atoms with E-state index in [9.17, 15) is 23.1 Å². The highest BCUT2D eigenvalue weighted by Crippen LogP contribution is 2.38. The van der Waals surface area contributed by atoms with Crippen molar-refractivity contribution in [2.75, 3.05) is 6.54 Å². The molecule has 1 unspecified atom stereocenters. The highest BCUT2D eigenvalue weighted by atomic mass is 19.4. The first-order valence-corrected chi connectivity index (χ1v) is 11.5. The zero-order valence-electron chi connectivity index (χ0n) is 18.8. The third-order valence-corrected chi connectivity index (χ3v) is 6.49.